The van der Waals surface area contributed by atoms with Crippen molar-refractivity contribution >= 4 is 12.0 Å². The van der Waals surface area contributed by atoms with Gasteiger partial charge >= 0.3 is 6.09 Å². The molecule has 1 aliphatic carbocycles. The average molecular weight is 510 g/mol. The number of ether oxygens (including phenoxy) is 1. The van der Waals surface area contributed by atoms with Gasteiger partial charge in [-0.1, -0.05) is 42.5 Å². The summed E-state index contributed by atoms with van der Waals surface area (Å²) in [6, 6.07) is 16.7. The molecule has 1 N–H and O–H groups in total. The average Bonchev–Trinajstić information content (AvgIpc) is 2.90. The Morgan fingerprint density at radius 2 is 1.81 bits per heavy atom. The molecule has 0 radical (unpaired) electrons. The molecule has 1 heterocycles. The second-order valence-corrected chi connectivity index (χ2v) is 10.8. The number of piperidine rings is 1. The monoisotopic (exact) mass is 509 g/mol. The molecule has 1 saturated heterocycles. The summed E-state index contributed by atoms with van der Waals surface area (Å²) >= 11 is 0. The van der Waals surface area contributed by atoms with Crippen molar-refractivity contribution in [3.8, 4) is 0 Å². The summed E-state index contributed by atoms with van der Waals surface area (Å²) in [5.74, 6) is 0.641. The third-order valence-corrected chi connectivity index (χ3v) is 8.05. The fourth-order valence-corrected chi connectivity index (χ4v) is 5.93. The molecule has 0 unspecified atom stereocenters. The van der Waals surface area contributed by atoms with Crippen LogP contribution in [-0.4, -0.2) is 60.6 Å². The first-order valence-electron chi connectivity index (χ1n) is 13.5. The Kier molecular flexibility index (Phi) is 9.56. The van der Waals surface area contributed by atoms with Gasteiger partial charge in [-0.2, -0.15) is 0 Å². The Morgan fingerprint density at radius 3 is 2.54 bits per heavy atom. The molecule has 2 aliphatic rings. The summed E-state index contributed by atoms with van der Waals surface area (Å²) in [5, 5.41) is 3.15. The van der Waals surface area contributed by atoms with Crippen LogP contribution in [0.15, 0.2) is 54.6 Å². The minimum Gasteiger partial charge on any atom is -0.445 e. The van der Waals surface area contributed by atoms with Crippen LogP contribution in [0, 0.1) is 17.7 Å². The SMILES string of the molecule is CC(=O)N(C)[C@@H]1CC[C@@H](NC(=O)OCc2ccccc2)[C@H](CN2CCC[C@@H](Cc3ccc(F)cc3)C2)C1. The van der Waals surface area contributed by atoms with Gasteiger partial charge in [0.05, 0.1) is 0 Å². The predicted octanol–water partition coefficient (Wildman–Crippen LogP) is 5.02. The van der Waals surface area contributed by atoms with Crippen molar-refractivity contribution in [2.45, 2.75) is 64.1 Å². The van der Waals surface area contributed by atoms with Crippen molar-refractivity contribution in [1.82, 2.24) is 15.1 Å². The molecule has 1 aliphatic heterocycles. The highest BCUT2D eigenvalue weighted by molar-refractivity contribution is 5.73. The number of carbonyl (C=O) groups is 2. The van der Waals surface area contributed by atoms with Crippen LogP contribution in [0.5, 0.6) is 0 Å². The zero-order chi connectivity index (χ0) is 26.2. The van der Waals surface area contributed by atoms with E-state index in [0.29, 0.717) is 5.92 Å². The molecular formula is C30H40FN3O3. The van der Waals surface area contributed by atoms with Gasteiger partial charge in [0.25, 0.3) is 0 Å². The van der Waals surface area contributed by atoms with Crippen LogP contribution in [0.1, 0.15) is 50.2 Å². The maximum absolute atomic E-state index is 13.3. The van der Waals surface area contributed by atoms with Crippen molar-refractivity contribution in [2.75, 3.05) is 26.7 Å². The van der Waals surface area contributed by atoms with E-state index in [0.717, 1.165) is 57.3 Å². The number of rotatable bonds is 8. The summed E-state index contributed by atoms with van der Waals surface area (Å²) in [4.78, 5) is 29.1. The van der Waals surface area contributed by atoms with Crippen molar-refractivity contribution in [2.24, 2.45) is 11.8 Å². The van der Waals surface area contributed by atoms with Crippen LogP contribution in [0.3, 0.4) is 0 Å². The zero-order valence-corrected chi connectivity index (χ0v) is 22.1. The molecule has 1 saturated carbocycles. The highest BCUT2D eigenvalue weighted by Gasteiger charge is 2.36. The normalized spacial score (nSPS) is 24.3. The Balaban J connectivity index is 1.36. The largest absolute Gasteiger partial charge is 0.445 e. The molecule has 0 spiro atoms. The Bertz CT molecular complexity index is 1020. The number of likely N-dealkylation sites (tertiary alicyclic amines) is 1. The van der Waals surface area contributed by atoms with Crippen molar-refractivity contribution in [1.29, 1.82) is 0 Å². The first kappa shape index (κ1) is 27.1. The molecule has 4 atom stereocenters. The van der Waals surface area contributed by atoms with Gasteiger partial charge in [-0.25, -0.2) is 9.18 Å². The lowest BCUT2D eigenvalue weighted by Gasteiger charge is -2.43. The Hall–Kier alpha value is -2.93. The number of hydrogen-bond donors (Lipinski definition) is 1. The molecule has 0 bridgehead atoms. The van der Waals surface area contributed by atoms with Crippen LogP contribution < -0.4 is 5.32 Å². The first-order chi connectivity index (χ1) is 17.9. The van der Waals surface area contributed by atoms with Gasteiger partial charge in [-0.15, -0.1) is 0 Å². The maximum Gasteiger partial charge on any atom is 0.407 e. The van der Waals surface area contributed by atoms with Gasteiger partial charge in [0.2, 0.25) is 5.91 Å². The van der Waals surface area contributed by atoms with E-state index in [4.69, 9.17) is 4.74 Å². The standard InChI is InChI=1S/C30H40FN3O3/c1-22(35)33(2)28-14-15-29(32-30(36)37-21-24-7-4-3-5-8-24)26(18-28)20-34-16-6-9-25(19-34)17-23-10-12-27(31)13-11-23/h3-5,7-8,10-13,25-26,28-29H,6,9,14-21H2,1-2H3,(H,32,36)/t25-,26-,28+,29+/m0/s1. The quantitative estimate of drug-likeness (QED) is 0.543. The van der Waals surface area contributed by atoms with E-state index in [1.165, 1.54) is 24.1 Å². The zero-order valence-electron chi connectivity index (χ0n) is 22.1. The van der Waals surface area contributed by atoms with Gasteiger partial charge in [0.15, 0.2) is 0 Å². The van der Waals surface area contributed by atoms with Gasteiger partial charge in [-0.3, -0.25) is 4.79 Å². The van der Waals surface area contributed by atoms with Crippen molar-refractivity contribution < 1.29 is 18.7 Å². The smallest absolute Gasteiger partial charge is 0.407 e. The molecule has 200 valence electrons. The number of benzene rings is 2. The lowest BCUT2D eigenvalue weighted by Crippen LogP contribution is -2.53. The van der Waals surface area contributed by atoms with Gasteiger partial charge in [-0.05, 0) is 80.2 Å². The minimum atomic E-state index is -0.384. The number of nitrogens with zero attached hydrogens (tertiary/aromatic N) is 2. The molecular weight excluding hydrogens is 469 g/mol. The van der Waals surface area contributed by atoms with E-state index >= 15 is 0 Å². The minimum absolute atomic E-state index is 0.0114. The van der Waals surface area contributed by atoms with Crippen LogP contribution >= 0.6 is 0 Å². The third-order valence-electron chi connectivity index (χ3n) is 8.05. The topological polar surface area (TPSA) is 61.9 Å². The Morgan fingerprint density at radius 1 is 1.05 bits per heavy atom. The number of alkyl carbamates (subject to hydrolysis) is 1. The van der Waals surface area contributed by atoms with Gasteiger partial charge in [0.1, 0.15) is 12.4 Å². The van der Waals surface area contributed by atoms with Crippen LogP contribution in [-0.2, 0) is 22.6 Å². The number of hydrogen-bond acceptors (Lipinski definition) is 4. The molecule has 2 amide bonds. The Labute approximate surface area is 220 Å². The second kappa shape index (κ2) is 13.0. The number of carbonyl (C=O) groups excluding carboxylic acids is 2. The molecule has 2 aromatic rings. The van der Waals surface area contributed by atoms with E-state index in [1.54, 1.807) is 6.92 Å². The van der Waals surface area contributed by atoms with Gasteiger partial charge in [0, 0.05) is 39.1 Å². The fraction of sp³-hybridized carbons (Fsp3) is 0.533. The summed E-state index contributed by atoms with van der Waals surface area (Å²) in [6.45, 7) is 4.77. The molecule has 6 nitrogen and oxygen atoms in total. The van der Waals surface area contributed by atoms with Crippen LogP contribution in [0.25, 0.3) is 0 Å². The predicted molar refractivity (Wildman–Crippen MR) is 142 cm³/mol. The molecule has 7 heteroatoms. The number of halogens is 1. The molecule has 4 rings (SSSR count). The van der Waals surface area contributed by atoms with E-state index < -0.39 is 0 Å². The summed E-state index contributed by atoms with van der Waals surface area (Å²) in [5.41, 5.74) is 2.14. The first-order valence-corrected chi connectivity index (χ1v) is 13.5. The van der Waals surface area contributed by atoms with Gasteiger partial charge < -0.3 is 19.9 Å². The lowest BCUT2D eigenvalue weighted by atomic mass is 9.80. The molecule has 0 aromatic heterocycles. The van der Waals surface area contributed by atoms with Crippen LogP contribution in [0.2, 0.25) is 0 Å². The highest BCUT2D eigenvalue weighted by atomic mass is 19.1. The van der Waals surface area contributed by atoms with E-state index in [-0.39, 0.29) is 42.4 Å². The summed E-state index contributed by atoms with van der Waals surface area (Å²) in [6.07, 6.45) is 5.41. The fourth-order valence-electron chi connectivity index (χ4n) is 5.93. The molecule has 2 fully saturated rings. The number of nitrogens with one attached hydrogen (secondary N) is 1. The molecule has 37 heavy (non-hydrogen) atoms. The number of amides is 2. The second-order valence-electron chi connectivity index (χ2n) is 10.8. The summed E-state index contributed by atoms with van der Waals surface area (Å²) < 4.78 is 18.8. The van der Waals surface area contributed by atoms with E-state index in [1.807, 2.05) is 54.4 Å². The molecule has 2 aromatic carbocycles. The lowest BCUT2D eigenvalue weighted by molar-refractivity contribution is -0.130. The highest BCUT2D eigenvalue weighted by Crippen LogP contribution is 2.31. The third kappa shape index (κ3) is 8.03. The summed E-state index contributed by atoms with van der Waals surface area (Å²) in [7, 11) is 1.88. The van der Waals surface area contributed by atoms with Crippen LogP contribution in [0.4, 0.5) is 9.18 Å². The van der Waals surface area contributed by atoms with E-state index in [2.05, 4.69) is 10.2 Å². The van der Waals surface area contributed by atoms with Crippen molar-refractivity contribution in [3.05, 3.63) is 71.5 Å². The van der Waals surface area contributed by atoms with E-state index in [9.17, 15) is 14.0 Å². The maximum atomic E-state index is 13.3. The van der Waals surface area contributed by atoms with Crippen molar-refractivity contribution in [3.63, 3.8) is 0 Å².